The van der Waals surface area contributed by atoms with Gasteiger partial charge in [0.2, 0.25) is 0 Å². The Morgan fingerprint density at radius 2 is 1.91 bits per heavy atom. The maximum atomic E-state index is 13.0. The molecule has 1 saturated heterocycles. The van der Waals surface area contributed by atoms with Gasteiger partial charge in [0.15, 0.2) is 0 Å². The Balaban J connectivity index is 1.45. The lowest BCUT2D eigenvalue weighted by atomic mass is 10.1. The van der Waals surface area contributed by atoms with Gasteiger partial charge < -0.3 is 15.0 Å². The largest absolute Gasteiger partial charge is 0.489 e. The Morgan fingerprint density at radius 1 is 1.12 bits per heavy atom. The number of likely N-dealkylation sites (tertiary alicyclic amines) is 1. The standard InChI is InChI=1S/C25H27ClN4O3/c1-17-13-20(26)9-10-22(17)33-16-18-7-6-8-19(14-18)24(31)28-21-15-27-29(2)23(21)25(32)30-11-4-3-5-12-30/h6-10,13-15H,3-5,11-12,16H2,1-2H3,(H,28,31). The first-order valence-electron chi connectivity index (χ1n) is 11.0. The summed E-state index contributed by atoms with van der Waals surface area (Å²) in [5.74, 6) is 0.330. The molecular weight excluding hydrogens is 440 g/mol. The molecule has 1 aliphatic heterocycles. The van der Waals surface area contributed by atoms with Crippen LogP contribution in [0.25, 0.3) is 0 Å². The third-order valence-corrected chi connectivity index (χ3v) is 5.99. The molecule has 0 aliphatic carbocycles. The van der Waals surface area contributed by atoms with Crippen LogP contribution in [0.2, 0.25) is 5.02 Å². The van der Waals surface area contributed by atoms with Gasteiger partial charge in [-0.1, -0.05) is 23.7 Å². The molecule has 0 spiro atoms. The molecule has 1 fully saturated rings. The number of hydrogen-bond donors (Lipinski definition) is 1. The SMILES string of the molecule is Cc1cc(Cl)ccc1OCc1cccc(C(=O)Nc2cnn(C)c2C(=O)N2CCCCC2)c1. The van der Waals surface area contributed by atoms with Crippen molar-refractivity contribution in [3.63, 3.8) is 0 Å². The summed E-state index contributed by atoms with van der Waals surface area (Å²) in [7, 11) is 1.71. The highest BCUT2D eigenvalue weighted by Gasteiger charge is 2.25. The number of halogens is 1. The number of aryl methyl sites for hydroxylation is 2. The van der Waals surface area contributed by atoms with Gasteiger partial charge in [-0.2, -0.15) is 5.10 Å². The highest BCUT2D eigenvalue weighted by atomic mass is 35.5. The zero-order chi connectivity index (χ0) is 23.4. The van der Waals surface area contributed by atoms with E-state index in [2.05, 4.69) is 10.4 Å². The van der Waals surface area contributed by atoms with Gasteiger partial charge in [-0.15, -0.1) is 0 Å². The predicted octanol–water partition coefficient (Wildman–Crippen LogP) is 4.84. The van der Waals surface area contributed by atoms with Crippen molar-refractivity contribution in [1.29, 1.82) is 0 Å². The predicted molar refractivity (Wildman–Crippen MR) is 128 cm³/mol. The molecule has 1 aromatic heterocycles. The second-order valence-corrected chi connectivity index (χ2v) is 8.67. The summed E-state index contributed by atoms with van der Waals surface area (Å²) < 4.78 is 7.42. The molecule has 0 bridgehead atoms. The molecule has 0 unspecified atom stereocenters. The summed E-state index contributed by atoms with van der Waals surface area (Å²) in [6.45, 7) is 3.70. The number of benzene rings is 2. The number of carbonyl (C=O) groups excluding carboxylic acids is 2. The molecule has 33 heavy (non-hydrogen) atoms. The molecule has 0 saturated carbocycles. The van der Waals surface area contributed by atoms with Crippen LogP contribution >= 0.6 is 11.6 Å². The fraction of sp³-hybridized carbons (Fsp3) is 0.320. The summed E-state index contributed by atoms with van der Waals surface area (Å²) >= 11 is 6.00. The molecule has 7 nitrogen and oxygen atoms in total. The van der Waals surface area contributed by atoms with Crippen molar-refractivity contribution in [2.45, 2.75) is 32.8 Å². The molecule has 8 heteroatoms. The highest BCUT2D eigenvalue weighted by molar-refractivity contribution is 6.30. The molecule has 3 aromatic rings. The van der Waals surface area contributed by atoms with Crippen LogP contribution in [-0.2, 0) is 13.7 Å². The molecule has 0 radical (unpaired) electrons. The van der Waals surface area contributed by atoms with Crippen molar-refractivity contribution in [1.82, 2.24) is 14.7 Å². The minimum atomic E-state index is -0.305. The number of nitrogens with one attached hydrogen (secondary N) is 1. The Hall–Kier alpha value is -3.32. The van der Waals surface area contributed by atoms with E-state index < -0.39 is 0 Å². The molecular formula is C25H27ClN4O3. The molecule has 4 rings (SSSR count). The second kappa shape index (κ2) is 10.1. The number of piperidine rings is 1. The average Bonchev–Trinajstić information content (AvgIpc) is 3.18. The van der Waals surface area contributed by atoms with Crippen LogP contribution in [0.3, 0.4) is 0 Å². The zero-order valence-electron chi connectivity index (χ0n) is 18.8. The molecule has 2 heterocycles. The quantitative estimate of drug-likeness (QED) is 0.564. The third kappa shape index (κ3) is 5.37. The Bertz CT molecular complexity index is 1170. The van der Waals surface area contributed by atoms with E-state index in [0.717, 1.165) is 49.2 Å². The molecule has 2 amide bonds. The van der Waals surface area contributed by atoms with Gasteiger partial charge >= 0.3 is 0 Å². The minimum absolute atomic E-state index is 0.106. The first kappa shape index (κ1) is 22.9. The van der Waals surface area contributed by atoms with Crippen molar-refractivity contribution < 1.29 is 14.3 Å². The third-order valence-electron chi connectivity index (χ3n) is 5.75. The lowest BCUT2D eigenvalue weighted by Gasteiger charge is -2.27. The van der Waals surface area contributed by atoms with Crippen LogP contribution in [0.5, 0.6) is 5.75 Å². The van der Waals surface area contributed by atoms with Crippen LogP contribution in [0.15, 0.2) is 48.7 Å². The molecule has 0 atom stereocenters. The van der Waals surface area contributed by atoms with Crippen molar-refractivity contribution in [3.05, 3.63) is 76.1 Å². The van der Waals surface area contributed by atoms with E-state index in [0.29, 0.717) is 28.6 Å². The minimum Gasteiger partial charge on any atom is -0.489 e. The van der Waals surface area contributed by atoms with E-state index >= 15 is 0 Å². The number of anilines is 1. The average molecular weight is 467 g/mol. The molecule has 1 N–H and O–H groups in total. The zero-order valence-corrected chi connectivity index (χ0v) is 19.6. The Labute approximate surface area is 198 Å². The summed E-state index contributed by atoms with van der Waals surface area (Å²) in [5.41, 5.74) is 3.08. The lowest BCUT2D eigenvalue weighted by molar-refractivity contribution is 0.0714. The van der Waals surface area contributed by atoms with E-state index in [1.807, 2.05) is 36.1 Å². The first-order valence-corrected chi connectivity index (χ1v) is 11.4. The van der Waals surface area contributed by atoms with E-state index in [1.54, 1.807) is 25.2 Å². The Kier molecular flexibility index (Phi) is 6.99. The smallest absolute Gasteiger partial charge is 0.274 e. The molecule has 1 aliphatic rings. The van der Waals surface area contributed by atoms with Crippen LogP contribution in [0.4, 0.5) is 5.69 Å². The number of ether oxygens (including phenoxy) is 1. The Morgan fingerprint density at radius 3 is 2.67 bits per heavy atom. The first-order chi connectivity index (χ1) is 15.9. The van der Waals surface area contributed by atoms with Gasteiger partial charge in [-0.25, -0.2) is 0 Å². The van der Waals surface area contributed by atoms with Gasteiger partial charge in [-0.05, 0) is 67.6 Å². The van der Waals surface area contributed by atoms with Crippen molar-refractivity contribution in [2.24, 2.45) is 7.05 Å². The van der Waals surface area contributed by atoms with Crippen molar-refractivity contribution >= 4 is 29.1 Å². The van der Waals surface area contributed by atoms with Gasteiger partial charge in [0.1, 0.15) is 18.1 Å². The lowest BCUT2D eigenvalue weighted by Crippen LogP contribution is -2.37. The monoisotopic (exact) mass is 466 g/mol. The van der Waals surface area contributed by atoms with Crippen molar-refractivity contribution in [2.75, 3.05) is 18.4 Å². The second-order valence-electron chi connectivity index (χ2n) is 8.24. The van der Waals surface area contributed by atoms with Gasteiger partial charge in [-0.3, -0.25) is 14.3 Å². The number of carbonyl (C=O) groups is 2. The van der Waals surface area contributed by atoms with Crippen LogP contribution in [0, 0.1) is 6.92 Å². The molecule has 2 aromatic carbocycles. The number of hydrogen-bond acceptors (Lipinski definition) is 4. The number of aromatic nitrogens is 2. The summed E-state index contributed by atoms with van der Waals surface area (Å²) in [6, 6.07) is 12.7. The molecule has 172 valence electrons. The van der Waals surface area contributed by atoms with Crippen LogP contribution < -0.4 is 10.1 Å². The maximum Gasteiger partial charge on any atom is 0.274 e. The van der Waals surface area contributed by atoms with Crippen LogP contribution in [-0.4, -0.2) is 39.6 Å². The topological polar surface area (TPSA) is 76.5 Å². The summed E-state index contributed by atoms with van der Waals surface area (Å²) in [5, 5.41) is 7.72. The maximum absolute atomic E-state index is 13.0. The van der Waals surface area contributed by atoms with Gasteiger partial charge in [0.05, 0.1) is 11.9 Å². The van der Waals surface area contributed by atoms with Gasteiger partial charge in [0.25, 0.3) is 11.8 Å². The van der Waals surface area contributed by atoms with Crippen LogP contribution in [0.1, 0.15) is 51.2 Å². The highest BCUT2D eigenvalue weighted by Crippen LogP contribution is 2.23. The number of amides is 2. The fourth-order valence-electron chi connectivity index (χ4n) is 3.96. The normalized spacial score (nSPS) is 13.6. The van der Waals surface area contributed by atoms with E-state index in [-0.39, 0.29) is 11.8 Å². The van der Waals surface area contributed by atoms with E-state index in [1.165, 1.54) is 10.9 Å². The summed E-state index contributed by atoms with van der Waals surface area (Å²) in [6.07, 6.45) is 4.65. The number of nitrogens with zero attached hydrogens (tertiary/aromatic N) is 3. The summed E-state index contributed by atoms with van der Waals surface area (Å²) in [4.78, 5) is 27.8. The fourth-order valence-corrected chi connectivity index (χ4v) is 4.19. The van der Waals surface area contributed by atoms with E-state index in [4.69, 9.17) is 16.3 Å². The van der Waals surface area contributed by atoms with Crippen molar-refractivity contribution in [3.8, 4) is 5.75 Å². The van der Waals surface area contributed by atoms with E-state index in [9.17, 15) is 9.59 Å². The van der Waals surface area contributed by atoms with Gasteiger partial charge in [0, 0.05) is 30.7 Å². The number of rotatable bonds is 6.